The molecule has 1 aromatic rings. The first-order valence-electron chi connectivity index (χ1n) is 7.57. The molecule has 2 N–H and O–H groups in total. The molecule has 2 rings (SSSR count). The molecule has 1 saturated heterocycles. The number of anilines is 1. The number of ether oxygens (including phenoxy) is 1. The van der Waals surface area contributed by atoms with Gasteiger partial charge in [-0.2, -0.15) is 0 Å². The third-order valence-electron chi connectivity index (χ3n) is 3.60. The van der Waals surface area contributed by atoms with Crippen molar-refractivity contribution < 1.29 is 9.84 Å². The zero-order valence-corrected chi connectivity index (χ0v) is 13.6. The zero-order chi connectivity index (χ0) is 15.2. The SMILES string of the molecule is CC(C)CNCc1cccc(Cl)c1N1CCOC(CO)C1. The molecule has 0 amide bonds. The van der Waals surface area contributed by atoms with Crippen LogP contribution in [0.4, 0.5) is 5.69 Å². The highest BCUT2D eigenvalue weighted by atomic mass is 35.5. The van der Waals surface area contributed by atoms with Crippen LogP contribution in [0, 0.1) is 5.92 Å². The van der Waals surface area contributed by atoms with Gasteiger partial charge in [0.2, 0.25) is 0 Å². The molecule has 5 heteroatoms. The third kappa shape index (κ3) is 4.58. The predicted molar refractivity (Wildman–Crippen MR) is 87.0 cm³/mol. The summed E-state index contributed by atoms with van der Waals surface area (Å²) in [4.78, 5) is 2.22. The fraction of sp³-hybridized carbons (Fsp3) is 0.625. The topological polar surface area (TPSA) is 44.7 Å². The normalized spacial score (nSPS) is 19.3. The highest BCUT2D eigenvalue weighted by Gasteiger charge is 2.23. The summed E-state index contributed by atoms with van der Waals surface area (Å²) < 4.78 is 5.52. The maximum atomic E-state index is 9.30. The highest BCUT2D eigenvalue weighted by molar-refractivity contribution is 6.33. The average Bonchev–Trinajstić information content (AvgIpc) is 2.47. The molecule has 1 aromatic carbocycles. The summed E-state index contributed by atoms with van der Waals surface area (Å²) in [5, 5.41) is 13.5. The first kappa shape index (κ1) is 16.6. The Bertz CT molecular complexity index is 454. The molecule has 1 atom stereocenters. The molecule has 1 aliphatic heterocycles. The Hall–Kier alpha value is -0.810. The minimum absolute atomic E-state index is 0.0435. The second-order valence-electron chi connectivity index (χ2n) is 5.89. The van der Waals surface area contributed by atoms with E-state index >= 15 is 0 Å². The Balaban J connectivity index is 2.13. The number of hydrogen-bond acceptors (Lipinski definition) is 4. The van der Waals surface area contributed by atoms with Crippen LogP contribution in [0.15, 0.2) is 18.2 Å². The molecule has 1 heterocycles. The first-order valence-corrected chi connectivity index (χ1v) is 7.95. The lowest BCUT2D eigenvalue weighted by atomic mass is 10.1. The van der Waals surface area contributed by atoms with E-state index in [1.807, 2.05) is 12.1 Å². The van der Waals surface area contributed by atoms with Crippen molar-refractivity contribution in [2.24, 2.45) is 5.92 Å². The fourth-order valence-corrected chi connectivity index (χ4v) is 2.90. The number of rotatable bonds is 6. The van der Waals surface area contributed by atoms with Gasteiger partial charge in [0.05, 0.1) is 30.0 Å². The van der Waals surface area contributed by atoms with E-state index in [4.69, 9.17) is 16.3 Å². The van der Waals surface area contributed by atoms with Gasteiger partial charge in [0, 0.05) is 19.6 Å². The quantitative estimate of drug-likeness (QED) is 0.846. The van der Waals surface area contributed by atoms with Crippen LogP contribution in [-0.2, 0) is 11.3 Å². The summed E-state index contributed by atoms with van der Waals surface area (Å²) in [6, 6.07) is 6.02. The first-order chi connectivity index (χ1) is 10.1. The molecule has 0 spiro atoms. The van der Waals surface area contributed by atoms with Crippen LogP contribution in [0.25, 0.3) is 0 Å². The molecule has 0 bridgehead atoms. The van der Waals surface area contributed by atoms with Crippen molar-refractivity contribution in [1.82, 2.24) is 5.32 Å². The fourth-order valence-electron chi connectivity index (χ4n) is 2.59. The van der Waals surface area contributed by atoms with Crippen LogP contribution < -0.4 is 10.2 Å². The number of morpholine rings is 1. The van der Waals surface area contributed by atoms with Crippen LogP contribution in [0.2, 0.25) is 5.02 Å². The summed E-state index contributed by atoms with van der Waals surface area (Å²) in [7, 11) is 0. The Labute approximate surface area is 132 Å². The minimum Gasteiger partial charge on any atom is -0.394 e. The summed E-state index contributed by atoms with van der Waals surface area (Å²) in [5.41, 5.74) is 2.26. The maximum Gasteiger partial charge on any atom is 0.0980 e. The monoisotopic (exact) mass is 312 g/mol. The molecule has 0 saturated carbocycles. The van der Waals surface area contributed by atoms with Crippen LogP contribution >= 0.6 is 11.6 Å². The van der Waals surface area contributed by atoms with Gasteiger partial charge in [0.1, 0.15) is 0 Å². The van der Waals surface area contributed by atoms with Gasteiger partial charge >= 0.3 is 0 Å². The molecule has 0 aromatic heterocycles. The van der Waals surface area contributed by atoms with Gasteiger partial charge in [-0.25, -0.2) is 0 Å². The number of benzene rings is 1. The van der Waals surface area contributed by atoms with Gasteiger partial charge in [0.15, 0.2) is 0 Å². The highest BCUT2D eigenvalue weighted by Crippen LogP contribution is 2.31. The molecule has 21 heavy (non-hydrogen) atoms. The van der Waals surface area contributed by atoms with Gasteiger partial charge in [-0.05, 0) is 24.1 Å². The van der Waals surface area contributed by atoms with E-state index in [2.05, 4.69) is 30.1 Å². The lowest BCUT2D eigenvalue weighted by Crippen LogP contribution is -2.44. The largest absolute Gasteiger partial charge is 0.394 e. The van der Waals surface area contributed by atoms with E-state index in [1.165, 1.54) is 5.56 Å². The van der Waals surface area contributed by atoms with Gasteiger partial charge in [0.25, 0.3) is 0 Å². The van der Waals surface area contributed by atoms with Crippen molar-refractivity contribution in [3.63, 3.8) is 0 Å². The number of aliphatic hydroxyl groups is 1. The second-order valence-corrected chi connectivity index (χ2v) is 6.30. The lowest BCUT2D eigenvalue weighted by molar-refractivity contribution is 0.00353. The summed E-state index contributed by atoms with van der Waals surface area (Å²) in [6.45, 7) is 8.31. The van der Waals surface area contributed by atoms with Crippen molar-refractivity contribution in [3.8, 4) is 0 Å². The molecular weight excluding hydrogens is 288 g/mol. The smallest absolute Gasteiger partial charge is 0.0980 e. The van der Waals surface area contributed by atoms with Crippen molar-refractivity contribution in [2.75, 3.05) is 37.7 Å². The number of aliphatic hydroxyl groups excluding tert-OH is 1. The van der Waals surface area contributed by atoms with Gasteiger partial charge < -0.3 is 20.1 Å². The van der Waals surface area contributed by atoms with Crippen molar-refractivity contribution >= 4 is 17.3 Å². The molecule has 1 unspecified atom stereocenters. The van der Waals surface area contributed by atoms with E-state index in [9.17, 15) is 5.11 Å². The Morgan fingerprint density at radius 3 is 3.00 bits per heavy atom. The van der Waals surface area contributed by atoms with Crippen molar-refractivity contribution in [3.05, 3.63) is 28.8 Å². The van der Waals surface area contributed by atoms with E-state index in [0.29, 0.717) is 19.1 Å². The van der Waals surface area contributed by atoms with Gasteiger partial charge in [-0.15, -0.1) is 0 Å². The lowest BCUT2D eigenvalue weighted by Gasteiger charge is -2.35. The molecular formula is C16H25ClN2O2. The average molecular weight is 313 g/mol. The molecule has 1 fully saturated rings. The molecule has 0 radical (unpaired) electrons. The summed E-state index contributed by atoms with van der Waals surface area (Å²) in [5.74, 6) is 0.620. The van der Waals surface area contributed by atoms with E-state index in [0.717, 1.165) is 30.3 Å². The van der Waals surface area contributed by atoms with Crippen LogP contribution in [0.5, 0.6) is 0 Å². The van der Waals surface area contributed by atoms with Crippen LogP contribution in [-0.4, -0.2) is 44.1 Å². The van der Waals surface area contributed by atoms with Crippen LogP contribution in [0.3, 0.4) is 0 Å². The predicted octanol–water partition coefficient (Wildman–Crippen LogP) is 2.28. The van der Waals surface area contributed by atoms with Crippen LogP contribution in [0.1, 0.15) is 19.4 Å². The number of nitrogens with one attached hydrogen (secondary N) is 1. The summed E-state index contributed by atoms with van der Waals surface area (Å²) in [6.07, 6.45) is -0.133. The number of hydrogen-bond donors (Lipinski definition) is 2. The van der Waals surface area contributed by atoms with E-state index in [1.54, 1.807) is 0 Å². The molecule has 1 aliphatic rings. The minimum atomic E-state index is -0.133. The molecule has 118 valence electrons. The van der Waals surface area contributed by atoms with E-state index < -0.39 is 0 Å². The molecule has 0 aliphatic carbocycles. The Morgan fingerprint density at radius 2 is 2.29 bits per heavy atom. The number of nitrogens with zero attached hydrogens (tertiary/aromatic N) is 1. The number of para-hydroxylation sites is 1. The Morgan fingerprint density at radius 1 is 1.48 bits per heavy atom. The number of halogens is 1. The van der Waals surface area contributed by atoms with E-state index in [-0.39, 0.29) is 12.7 Å². The van der Waals surface area contributed by atoms with Crippen molar-refractivity contribution in [2.45, 2.75) is 26.5 Å². The van der Waals surface area contributed by atoms with Crippen molar-refractivity contribution in [1.29, 1.82) is 0 Å². The molecule has 4 nitrogen and oxygen atoms in total. The van der Waals surface area contributed by atoms with Gasteiger partial charge in [-0.3, -0.25) is 0 Å². The Kier molecular flexibility index (Phi) is 6.30. The summed E-state index contributed by atoms with van der Waals surface area (Å²) >= 11 is 6.42. The standard InChI is InChI=1S/C16H25ClN2O2/c1-12(2)8-18-9-13-4-3-5-15(17)16(13)19-6-7-21-14(10-19)11-20/h3-5,12,14,18,20H,6-11H2,1-2H3. The zero-order valence-electron chi connectivity index (χ0n) is 12.8. The maximum absolute atomic E-state index is 9.30. The third-order valence-corrected chi connectivity index (χ3v) is 3.90. The second kappa shape index (κ2) is 7.99. The van der Waals surface area contributed by atoms with Gasteiger partial charge in [-0.1, -0.05) is 37.6 Å².